The number of aromatic nitrogens is 2. The number of carbonyl (C=O) groups is 3. The maximum absolute atomic E-state index is 12.5. The van der Waals surface area contributed by atoms with Gasteiger partial charge in [-0.2, -0.15) is 5.10 Å². The smallest absolute Gasteiger partial charge is 0.359 e. The number of hydrogen-bond acceptors (Lipinski definition) is 7. The first-order valence-electron chi connectivity index (χ1n) is 8.34. The predicted octanol–water partition coefficient (Wildman–Crippen LogP) is 0.498. The Bertz CT molecular complexity index is 919. The fraction of sp³-hybridized carbons (Fsp3) is 0.389. The lowest BCUT2D eigenvalue weighted by molar-refractivity contribution is -0.141. The van der Waals surface area contributed by atoms with E-state index >= 15 is 0 Å². The molecule has 9 heteroatoms. The van der Waals surface area contributed by atoms with E-state index in [1.54, 1.807) is 24.3 Å². The molecule has 0 saturated carbocycles. The van der Waals surface area contributed by atoms with E-state index in [-0.39, 0.29) is 23.7 Å². The minimum atomic E-state index is -0.836. The van der Waals surface area contributed by atoms with E-state index in [0.717, 1.165) is 0 Å². The zero-order chi connectivity index (χ0) is 20.0. The topological polar surface area (TPSA) is 117 Å². The number of rotatable bonds is 7. The zero-order valence-electron chi connectivity index (χ0n) is 15.4. The number of nitrogens with one attached hydrogen (secondary N) is 1. The van der Waals surface area contributed by atoms with Gasteiger partial charge in [-0.15, -0.1) is 0 Å². The summed E-state index contributed by atoms with van der Waals surface area (Å²) in [5.74, 6) is -1.97. The molecular weight excluding hydrogens is 354 g/mol. The first-order chi connectivity index (χ1) is 12.8. The van der Waals surface area contributed by atoms with E-state index in [0.29, 0.717) is 17.3 Å². The van der Waals surface area contributed by atoms with Crippen molar-refractivity contribution in [2.24, 2.45) is 5.92 Å². The van der Waals surface area contributed by atoms with Crippen LogP contribution in [-0.2, 0) is 25.6 Å². The number of benzene rings is 1. The maximum atomic E-state index is 12.5. The Morgan fingerprint density at radius 1 is 1.19 bits per heavy atom. The molecule has 1 aromatic heterocycles. The minimum absolute atomic E-state index is 0.0494. The summed E-state index contributed by atoms with van der Waals surface area (Å²) in [6, 6.07) is 6.57. The van der Waals surface area contributed by atoms with Gasteiger partial charge >= 0.3 is 11.9 Å². The van der Waals surface area contributed by atoms with Crippen LogP contribution in [-0.4, -0.2) is 47.9 Å². The lowest BCUT2D eigenvalue weighted by Gasteiger charge is -2.12. The first kappa shape index (κ1) is 20.1. The monoisotopic (exact) mass is 375 g/mol. The van der Waals surface area contributed by atoms with Crippen LogP contribution in [0.5, 0.6) is 0 Å². The summed E-state index contributed by atoms with van der Waals surface area (Å²) < 4.78 is 10.6. The summed E-state index contributed by atoms with van der Waals surface area (Å²) in [7, 11) is 1.19. The Balaban J connectivity index is 2.22. The van der Waals surface area contributed by atoms with Gasteiger partial charge in [-0.25, -0.2) is 9.48 Å². The molecule has 1 aromatic carbocycles. The van der Waals surface area contributed by atoms with Gasteiger partial charge in [0.1, 0.15) is 6.54 Å². The molecule has 0 aliphatic rings. The average Bonchev–Trinajstić information content (AvgIpc) is 2.66. The second kappa shape index (κ2) is 8.93. The highest BCUT2D eigenvalue weighted by atomic mass is 16.5. The first-order valence-corrected chi connectivity index (χ1v) is 8.34. The standard InChI is InChI=1S/C18H21N3O6/c1-11(2)9-21-17(24)13-7-5-4-6-12(13)16(20-21)18(25)27-10-14(22)19-8-15(23)26-3/h4-7,11H,8-10H2,1-3H3,(H,19,22). The molecule has 144 valence electrons. The van der Waals surface area contributed by atoms with Crippen molar-refractivity contribution >= 4 is 28.6 Å². The van der Waals surface area contributed by atoms with Gasteiger partial charge in [-0.1, -0.05) is 32.0 Å². The number of amides is 1. The van der Waals surface area contributed by atoms with E-state index in [9.17, 15) is 19.2 Å². The zero-order valence-corrected chi connectivity index (χ0v) is 15.4. The molecule has 1 heterocycles. The molecule has 9 nitrogen and oxygen atoms in total. The summed E-state index contributed by atoms with van der Waals surface area (Å²) in [5, 5.41) is 7.08. The third-order valence-corrected chi connectivity index (χ3v) is 3.59. The van der Waals surface area contributed by atoms with Crippen LogP contribution >= 0.6 is 0 Å². The molecule has 0 aliphatic carbocycles. The van der Waals surface area contributed by atoms with Gasteiger partial charge in [0.2, 0.25) is 0 Å². The second-order valence-electron chi connectivity index (χ2n) is 6.20. The quantitative estimate of drug-likeness (QED) is 0.700. The minimum Gasteiger partial charge on any atom is -0.468 e. The number of fused-ring (bicyclic) bond motifs is 1. The van der Waals surface area contributed by atoms with Crippen molar-refractivity contribution in [1.82, 2.24) is 15.1 Å². The van der Waals surface area contributed by atoms with Crippen LogP contribution in [0.15, 0.2) is 29.1 Å². The number of hydrogen-bond donors (Lipinski definition) is 1. The summed E-state index contributed by atoms with van der Waals surface area (Å²) in [4.78, 5) is 47.6. The lowest BCUT2D eigenvalue weighted by atomic mass is 10.1. The highest BCUT2D eigenvalue weighted by molar-refractivity contribution is 6.02. The SMILES string of the molecule is COC(=O)CNC(=O)COC(=O)c1nn(CC(C)C)c(=O)c2ccccc12. The lowest BCUT2D eigenvalue weighted by Crippen LogP contribution is -2.34. The van der Waals surface area contributed by atoms with Crippen LogP contribution < -0.4 is 10.9 Å². The molecule has 1 N–H and O–H groups in total. The molecule has 0 saturated heterocycles. The maximum Gasteiger partial charge on any atom is 0.359 e. The van der Waals surface area contributed by atoms with Crippen molar-refractivity contribution in [3.63, 3.8) is 0 Å². The predicted molar refractivity (Wildman–Crippen MR) is 96.1 cm³/mol. The second-order valence-corrected chi connectivity index (χ2v) is 6.20. The Morgan fingerprint density at radius 3 is 2.48 bits per heavy atom. The van der Waals surface area contributed by atoms with Crippen LogP contribution in [0, 0.1) is 5.92 Å². The number of ether oxygens (including phenoxy) is 2. The largest absolute Gasteiger partial charge is 0.468 e. The van der Waals surface area contributed by atoms with Crippen LogP contribution in [0.25, 0.3) is 10.8 Å². The van der Waals surface area contributed by atoms with Crippen LogP contribution in [0.2, 0.25) is 0 Å². The summed E-state index contributed by atoms with van der Waals surface area (Å²) in [6.07, 6.45) is 0. The Morgan fingerprint density at radius 2 is 1.85 bits per heavy atom. The molecule has 1 amide bonds. The highest BCUT2D eigenvalue weighted by Crippen LogP contribution is 2.14. The van der Waals surface area contributed by atoms with Crippen molar-refractivity contribution in [3.05, 3.63) is 40.3 Å². The number of carbonyl (C=O) groups excluding carboxylic acids is 3. The van der Waals surface area contributed by atoms with E-state index in [4.69, 9.17) is 4.74 Å². The van der Waals surface area contributed by atoms with E-state index in [2.05, 4.69) is 15.2 Å². The summed E-state index contributed by atoms with van der Waals surface area (Å²) in [5.41, 5.74) is -0.349. The molecule has 0 atom stereocenters. The van der Waals surface area contributed by atoms with Gasteiger partial charge < -0.3 is 14.8 Å². The van der Waals surface area contributed by atoms with Crippen molar-refractivity contribution in [3.8, 4) is 0 Å². The average molecular weight is 375 g/mol. The van der Waals surface area contributed by atoms with Crippen molar-refractivity contribution in [2.45, 2.75) is 20.4 Å². The molecule has 27 heavy (non-hydrogen) atoms. The molecule has 0 bridgehead atoms. The van der Waals surface area contributed by atoms with Gasteiger partial charge in [0.05, 0.1) is 12.5 Å². The Hall–Kier alpha value is -3.23. The van der Waals surface area contributed by atoms with Crippen molar-refractivity contribution in [1.29, 1.82) is 0 Å². The van der Waals surface area contributed by atoms with Crippen molar-refractivity contribution in [2.75, 3.05) is 20.3 Å². The molecule has 2 rings (SSSR count). The normalized spacial score (nSPS) is 10.7. The number of nitrogens with zero attached hydrogens (tertiary/aromatic N) is 2. The van der Waals surface area contributed by atoms with Gasteiger partial charge in [-0.3, -0.25) is 14.4 Å². The number of esters is 2. The Labute approximate surface area is 155 Å². The molecular formula is C18H21N3O6. The third-order valence-electron chi connectivity index (χ3n) is 3.59. The molecule has 0 fully saturated rings. The molecule has 0 spiro atoms. The summed E-state index contributed by atoms with van der Waals surface area (Å²) in [6.45, 7) is 3.27. The fourth-order valence-corrected chi connectivity index (χ4v) is 2.35. The third kappa shape index (κ3) is 5.13. The molecule has 2 aromatic rings. The van der Waals surface area contributed by atoms with Crippen LogP contribution in [0.4, 0.5) is 0 Å². The molecule has 0 radical (unpaired) electrons. The van der Waals surface area contributed by atoms with Crippen LogP contribution in [0.1, 0.15) is 24.3 Å². The number of methoxy groups -OCH3 is 1. The summed E-state index contributed by atoms with van der Waals surface area (Å²) >= 11 is 0. The molecule has 0 unspecified atom stereocenters. The molecule has 0 aliphatic heterocycles. The van der Waals surface area contributed by atoms with Gasteiger partial charge in [0.25, 0.3) is 11.5 Å². The van der Waals surface area contributed by atoms with E-state index in [1.807, 2.05) is 13.8 Å². The fourth-order valence-electron chi connectivity index (χ4n) is 2.35. The highest BCUT2D eigenvalue weighted by Gasteiger charge is 2.19. The van der Waals surface area contributed by atoms with Gasteiger partial charge in [-0.05, 0) is 12.0 Å². The Kier molecular flexibility index (Phi) is 6.64. The van der Waals surface area contributed by atoms with Crippen molar-refractivity contribution < 1.29 is 23.9 Å². The van der Waals surface area contributed by atoms with Gasteiger partial charge in [0, 0.05) is 11.9 Å². The van der Waals surface area contributed by atoms with E-state index < -0.39 is 24.5 Å². The van der Waals surface area contributed by atoms with E-state index in [1.165, 1.54) is 11.8 Å². The van der Waals surface area contributed by atoms with Gasteiger partial charge in [0.15, 0.2) is 12.3 Å². The van der Waals surface area contributed by atoms with Crippen LogP contribution in [0.3, 0.4) is 0 Å².